The lowest BCUT2D eigenvalue weighted by Crippen LogP contribution is -2.26. The van der Waals surface area contributed by atoms with Crippen molar-refractivity contribution < 1.29 is 9.84 Å². The van der Waals surface area contributed by atoms with Crippen molar-refractivity contribution in [3.8, 4) is 27.6 Å². The van der Waals surface area contributed by atoms with Crippen molar-refractivity contribution in [1.29, 1.82) is 0 Å². The van der Waals surface area contributed by atoms with Crippen LogP contribution in [0.15, 0.2) is 78.7 Å². The largest absolute Gasteiger partial charge is 0.492 e. The summed E-state index contributed by atoms with van der Waals surface area (Å²) in [5.74, 6) is 0.802. The summed E-state index contributed by atoms with van der Waals surface area (Å²) < 4.78 is 5.78. The highest BCUT2D eigenvalue weighted by atomic mass is 32.1. The summed E-state index contributed by atoms with van der Waals surface area (Å²) in [6.45, 7) is 1.61. The third-order valence-electron chi connectivity index (χ3n) is 4.52. The molecule has 0 aliphatic carbocycles. The first-order valence-corrected chi connectivity index (χ1v) is 10.6. The van der Waals surface area contributed by atoms with Gasteiger partial charge in [-0.3, -0.25) is 9.97 Å². The van der Waals surface area contributed by atoms with Crippen molar-refractivity contribution >= 4 is 11.3 Å². The minimum absolute atomic E-state index is 0.455. The van der Waals surface area contributed by atoms with Crippen LogP contribution in [0.5, 0.6) is 5.75 Å². The van der Waals surface area contributed by atoms with Crippen LogP contribution in [0.3, 0.4) is 0 Å². The average Bonchev–Trinajstić information content (AvgIpc) is 3.31. The second-order valence-electron chi connectivity index (χ2n) is 6.66. The van der Waals surface area contributed by atoms with Gasteiger partial charge in [-0.2, -0.15) is 0 Å². The number of aliphatic hydroxyl groups excluding tert-OH is 1. The van der Waals surface area contributed by atoms with Gasteiger partial charge < -0.3 is 15.2 Å². The number of aromatic nitrogens is 3. The Balaban J connectivity index is 1.24. The minimum Gasteiger partial charge on any atom is -0.492 e. The Labute approximate surface area is 179 Å². The summed E-state index contributed by atoms with van der Waals surface area (Å²) in [7, 11) is 0. The minimum atomic E-state index is -0.576. The lowest BCUT2D eigenvalue weighted by atomic mass is 10.1. The maximum Gasteiger partial charge on any atom is 0.125 e. The lowest BCUT2D eigenvalue weighted by Gasteiger charge is -2.12. The van der Waals surface area contributed by atoms with Crippen molar-refractivity contribution in [3.63, 3.8) is 0 Å². The molecular formula is C23H22N4O2S. The van der Waals surface area contributed by atoms with Crippen molar-refractivity contribution in [2.45, 2.75) is 6.10 Å². The molecule has 2 N–H and O–H groups in total. The molecule has 4 rings (SSSR count). The fraction of sp³-hybridized carbons (Fsp3) is 0.174. The number of aliphatic hydroxyl groups is 1. The quantitative estimate of drug-likeness (QED) is 0.401. The van der Waals surface area contributed by atoms with E-state index < -0.39 is 6.10 Å². The van der Waals surface area contributed by atoms with E-state index in [1.165, 1.54) is 0 Å². The van der Waals surface area contributed by atoms with Crippen LogP contribution >= 0.6 is 11.3 Å². The third kappa shape index (κ3) is 5.27. The highest BCUT2D eigenvalue weighted by molar-refractivity contribution is 7.13. The molecule has 1 aromatic carbocycles. The molecule has 1 atom stereocenters. The normalized spacial score (nSPS) is 11.9. The molecule has 0 amide bonds. The van der Waals surface area contributed by atoms with Crippen molar-refractivity contribution in [3.05, 3.63) is 84.3 Å². The van der Waals surface area contributed by atoms with Crippen LogP contribution < -0.4 is 10.1 Å². The first-order valence-electron chi connectivity index (χ1n) is 9.67. The molecule has 152 valence electrons. The number of rotatable bonds is 9. The topological polar surface area (TPSA) is 80.2 Å². The predicted molar refractivity (Wildman–Crippen MR) is 118 cm³/mol. The van der Waals surface area contributed by atoms with Crippen molar-refractivity contribution in [1.82, 2.24) is 20.3 Å². The van der Waals surface area contributed by atoms with Crippen molar-refractivity contribution in [2.75, 3.05) is 19.7 Å². The van der Waals surface area contributed by atoms with Gasteiger partial charge in [-0.1, -0.05) is 6.07 Å². The predicted octanol–water partition coefficient (Wildman–Crippen LogP) is 3.97. The molecule has 6 nitrogen and oxygen atoms in total. The van der Waals surface area contributed by atoms with Crippen LogP contribution in [0.2, 0.25) is 0 Å². The highest BCUT2D eigenvalue weighted by Crippen LogP contribution is 2.29. The average molecular weight is 419 g/mol. The Morgan fingerprint density at radius 3 is 2.50 bits per heavy atom. The van der Waals surface area contributed by atoms with E-state index in [1.807, 2.05) is 54.7 Å². The van der Waals surface area contributed by atoms with Crippen LogP contribution in [0.1, 0.15) is 11.7 Å². The fourth-order valence-electron chi connectivity index (χ4n) is 2.92. The maximum absolute atomic E-state index is 10.1. The Hall–Kier alpha value is -3.13. The van der Waals surface area contributed by atoms with Gasteiger partial charge in [0, 0.05) is 59.9 Å². The van der Waals surface area contributed by atoms with E-state index in [4.69, 9.17) is 9.72 Å². The summed E-state index contributed by atoms with van der Waals surface area (Å²) >= 11 is 1.61. The molecule has 0 radical (unpaired) electrons. The Morgan fingerprint density at radius 1 is 0.967 bits per heavy atom. The zero-order valence-corrected chi connectivity index (χ0v) is 17.1. The van der Waals surface area contributed by atoms with E-state index in [1.54, 1.807) is 29.9 Å². The van der Waals surface area contributed by atoms with Gasteiger partial charge in [-0.25, -0.2) is 4.98 Å². The summed E-state index contributed by atoms with van der Waals surface area (Å²) in [6, 6.07) is 15.5. The number of ether oxygens (including phenoxy) is 1. The molecule has 3 heterocycles. The standard InChI is InChI=1S/C23H22N4O2S/c28-22(18-3-1-9-24-13-18)15-26-11-12-29-20-7-5-17(6-8-20)21-16-30-23(27-21)19-4-2-10-25-14-19/h1-10,13-14,16,22,26,28H,11-12,15H2/t22-/m0/s1. The molecule has 0 aliphatic heterocycles. The number of hydrogen-bond donors (Lipinski definition) is 2. The SMILES string of the molecule is O[C@@H](CNCCOc1ccc(-c2csc(-c3cccnc3)n2)cc1)c1cccnc1. The first kappa shape index (κ1) is 20.2. The number of thiazole rings is 1. The van der Waals surface area contributed by atoms with Gasteiger partial charge in [-0.15, -0.1) is 11.3 Å². The number of benzene rings is 1. The van der Waals surface area contributed by atoms with E-state index in [0.717, 1.165) is 33.1 Å². The molecule has 7 heteroatoms. The summed E-state index contributed by atoms with van der Waals surface area (Å²) in [5.41, 5.74) is 3.81. The van der Waals surface area contributed by atoms with Gasteiger partial charge in [0.15, 0.2) is 0 Å². The Bertz CT molecular complexity index is 1040. The van der Waals surface area contributed by atoms with Gasteiger partial charge in [0.2, 0.25) is 0 Å². The fourth-order valence-corrected chi connectivity index (χ4v) is 3.74. The van der Waals surface area contributed by atoms with Crippen LogP contribution in [0, 0.1) is 0 Å². The van der Waals surface area contributed by atoms with Crippen LogP contribution in [-0.4, -0.2) is 39.8 Å². The second-order valence-corrected chi connectivity index (χ2v) is 7.52. The van der Waals surface area contributed by atoms with Gasteiger partial charge in [0.25, 0.3) is 0 Å². The van der Waals surface area contributed by atoms with Gasteiger partial charge in [0.1, 0.15) is 17.4 Å². The molecule has 0 bridgehead atoms. The van der Waals surface area contributed by atoms with E-state index in [9.17, 15) is 5.11 Å². The maximum atomic E-state index is 10.1. The number of nitrogens with one attached hydrogen (secondary N) is 1. The highest BCUT2D eigenvalue weighted by Gasteiger charge is 2.08. The van der Waals surface area contributed by atoms with Crippen LogP contribution in [0.4, 0.5) is 0 Å². The van der Waals surface area contributed by atoms with Crippen molar-refractivity contribution in [2.24, 2.45) is 0 Å². The lowest BCUT2D eigenvalue weighted by molar-refractivity contribution is 0.171. The molecule has 0 aliphatic rings. The zero-order valence-electron chi connectivity index (χ0n) is 16.3. The number of nitrogens with zero attached hydrogens (tertiary/aromatic N) is 3. The van der Waals surface area contributed by atoms with E-state index in [0.29, 0.717) is 19.7 Å². The monoisotopic (exact) mass is 418 g/mol. The molecule has 0 fully saturated rings. The second kappa shape index (κ2) is 10.1. The smallest absolute Gasteiger partial charge is 0.125 e. The molecular weight excluding hydrogens is 396 g/mol. The van der Waals surface area contributed by atoms with Crippen LogP contribution in [0.25, 0.3) is 21.8 Å². The van der Waals surface area contributed by atoms with Gasteiger partial charge in [-0.05, 0) is 42.5 Å². The Morgan fingerprint density at radius 2 is 1.77 bits per heavy atom. The van der Waals surface area contributed by atoms with E-state index in [-0.39, 0.29) is 0 Å². The molecule has 0 spiro atoms. The Kier molecular flexibility index (Phi) is 6.76. The van der Waals surface area contributed by atoms with E-state index in [2.05, 4.69) is 20.7 Å². The molecule has 4 aromatic rings. The zero-order chi connectivity index (χ0) is 20.6. The molecule has 0 saturated carbocycles. The van der Waals surface area contributed by atoms with Gasteiger partial charge in [0.05, 0.1) is 11.8 Å². The molecule has 3 aromatic heterocycles. The number of pyridine rings is 2. The van der Waals surface area contributed by atoms with Gasteiger partial charge >= 0.3 is 0 Å². The van der Waals surface area contributed by atoms with E-state index >= 15 is 0 Å². The molecule has 0 saturated heterocycles. The third-order valence-corrected chi connectivity index (χ3v) is 5.41. The molecule has 0 unspecified atom stereocenters. The first-order chi connectivity index (χ1) is 14.8. The summed E-state index contributed by atoms with van der Waals surface area (Å²) in [4.78, 5) is 12.9. The summed E-state index contributed by atoms with van der Waals surface area (Å²) in [5, 5.41) is 16.3. The molecule has 30 heavy (non-hydrogen) atoms. The number of hydrogen-bond acceptors (Lipinski definition) is 7. The van der Waals surface area contributed by atoms with Crippen LogP contribution in [-0.2, 0) is 0 Å². The summed E-state index contributed by atoms with van der Waals surface area (Å²) in [6.07, 6.45) is 6.37.